The van der Waals surface area contributed by atoms with E-state index in [2.05, 4.69) is 52.5 Å². The topological polar surface area (TPSA) is 136 Å². The molecule has 7 rings (SSSR count). The van der Waals surface area contributed by atoms with Crippen molar-refractivity contribution < 1.29 is 8.42 Å². The van der Waals surface area contributed by atoms with Crippen molar-refractivity contribution in [2.45, 2.75) is 49.8 Å². The van der Waals surface area contributed by atoms with Gasteiger partial charge in [-0.2, -0.15) is 14.3 Å². The maximum Gasteiger partial charge on any atom is 0.256 e. The van der Waals surface area contributed by atoms with Crippen LogP contribution in [0.2, 0.25) is 0 Å². The molecular formula is C30H34N10O2S. The second kappa shape index (κ2) is 11.4. The number of hydrogen-bond donors (Lipinski definition) is 2. The minimum absolute atomic E-state index is 0.351. The van der Waals surface area contributed by atoms with Crippen LogP contribution in [0.1, 0.15) is 49.7 Å². The smallest absolute Gasteiger partial charge is 0.256 e. The Kier molecular flexibility index (Phi) is 7.32. The molecule has 0 aromatic carbocycles. The minimum atomic E-state index is -3.46. The highest BCUT2D eigenvalue weighted by atomic mass is 32.2. The summed E-state index contributed by atoms with van der Waals surface area (Å²) in [5, 5.41) is 15.0. The molecule has 12 nitrogen and oxygen atoms in total. The summed E-state index contributed by atoms with van der Waals surface area (Å²) in [5.41, 5.74) is 3.25. The highest BCUT2D eigenvalue weighted by molar-refractivity contribution is 7.90. The van der Waals surface area contributed by atoms with E-state index in [0.717, 1.165) is 59.3 Å². The SMILES string of the molecule is Cn1cc(C#Cc2cnc(Nc3ccnc(-c4cnn(S(=O)(=O)C5CC5)c4)n3)cc2N2CCC(NCC3CC3)CC2)cn1. The molecule has 0 unspecified atom stereocenters. The number of nitrogens with zero attached hydrogens (tertiary/aromatic N) is 8. The van der Waals surface area contributed by atoms with Crippen LogP contribution in [0.15, 0.2) is 49.3 Å². The van der Waals surface area contributed by atoms with Gasteiger partial charge in [0.15, 0.2) is 5.82 Å². The third-order valence-corrected chi connectivity index (χ3v) is 10.1. The number of pyridine rings is 1. The van der Waals surface area contributed by atoms with E-state index in [0.29, 0.717) is 41.9 Å². The molecule has 2 aliphatic carbocycles. The number of piperidine rings is 1. The fraction of sp³-hybridized carbons (Fsp3) is 0.433. The molecule has 1 saturated heterocycles. The molecule has 3 fully saturated rings. The molecule has 0 radical (unpaired) electrons. The van der Waals surface area contributed by atoms with E-state index in [9.17, 15) is 8.42 Å². The number of aryl methyl sites for hydroxylation is 1. The first-order valence-electron chi connectivity index (χ1n) is 14.8. The fourth-order valence-electron chi connectivity index (χ4n) is 5.25. The van der Waals surface area contributed by atoms with Crippen molar-refractivity contribution in [2.75, 3.05) is 29.9 Å². The summed E-state index contributed by atoms with van der Waals surface area (Å²) in [7, 11) is -1.58. The molecule has 1 aliphatic heterocycles. The fourth-order valence-corrected chi connectivity index (χ4v) is 6.73. The first-order valence-corrected chi connectivity index (χ1v) is 16.3. The molecule has 2 N–H and O–H groups in total. The van der Waals surface area contributed by atoms with Crippen LogP contribution in [-0.2, 0) is 17.1 Å². The quantitative estimate of drug-likeness (QED) is 0.277. The van der Waals surface area contributed by atoms with Gasteiger partial charge in [-0.25, -0.2) is 23.4 Å². The Bertz CT molecular complexity index is 1790. The van der Waals surface area contributed by atoms with Crippen molar-refractivity contribution in [2.24, 2.45) is 13.0 Å². The van der Waals surface area contributed by atoms with Crippen molar-refractivity contribution in [3.05, 3.63) is 60.4 Å². The van der Waals surface area contributed by atoms with Gasteiger partial charge in [0.2, 0.25) is 0 Å². The van der Waals surface area contributed by atoms with Crippen LogP contribution in [0, 0.1) is 17.8 Å². The molecule has 43 heavy (non-hydrogen) atoms. The molecule has 4 aromatic rings. The number of anilines is 3. The van der Waals surface area contributed by atoms with Crippen LogP contribution >= 0.6 is 0 Å². The maximum atomic E-state index is 12.6. The van der Waals surface area contributed by atoms with Gasteiger partial charge in [0, 0.05) is 50.8 Å². The summed E-state index contributed by atoms with van der Waals surface area (Å²) < 4.78 is 27.9. The van der Waals surface area contributed by atoms with Crippen LogP contribution in [0.4, 0.5) is 17.3 Å². The van der Waals surface area contributed by atoms with E-state index >= 15 is 0 Å². The van der Waals surface area contributed by atoms with Gasteiger partial charge in [0.05, 0.1) is 46.2 Å². The first kappa shape index (κ1) is 27.5. The first-order chi connectivity index (χ1) is 20.9. The maximum absolute atomic E-state index is 12.6. The van der Waals surface area contributed by atoms with Gasteiger partial charge >= 0.3 is 0 Å². The molecule has 222 valence electrons. The van der Waals surface area contributed by atoms with E-state index in [1.54, 1.807) is 29.3 Å². The summed E-state index contributed by atoms with van der Waals surface area (Å²) in [4.78, 5) is 16.0. The van der Waals surface area contributed by atoms with E-state index in [1.807, 2.05) is 19.3 Å². The lowest BCUT2D eigenvalue weighted by molar-refractivity contribution is 0.409. The number of aromatic nitrogens is 7. The highest BCUT2D eigenvalue weighted by Gasteiger charge is 2.37. The molecule has 13 heteroatoms. The van der Waals surface area contributed by atoms with Crippen LogP contribution in [-0.4, -0.2) is 73.3 Å². The predicted octanol–water partition coefficient (Wildman–Crippen LogP) is 2.92. The molecule has 5 heterocycles. The van der Waals surface area contributed by atoms with Crippen LogP contribution in [0.3, 0.4) is 0 Å². The van der Waals surface area contributed by atoms with Crippen molar-refractivity contribution in [3.8, 4) is 23.2 Å². The van der Waals surface area contributed by atoms with Gasteiger partial charge in [-0.3, -0.25) is 4.68 Å². The van der Waals surface area contributed by atoms with Gasteiger partial charge in [-0.05, 0) is 57.1 Å². The molecule has 0 bridgehead atoms. The Labute approximate surface area is 251 Å². The zero-order valence-corrected chi connectivity index (χ0v) is 24.8. The van der Waals surface area contributed by atoms with Crippen molar-refractivity contribution in [3.63, 3.8) is 0 Å². The Morgan fingerprint density at radius 2 is 1.79 bits per heavy atom. The Morgan fingerprint density at radius 1 is 0.953 bits per heavy atom. The molecule has 2 saturated carbocycles. The van der Waals surface area contributed by atoms with Gasteiger partial charge in [0.1, 0.15) is 11.6 Å². The van der Waals surface area contributed by atoms with E-state index < -0.39 is 10.0 Å². The standard InChI is InChI=1S/C30H34N10O2S/c1-38-19-22(16-34-38)4-5-23-17-33-29(14-27(23)39-12-9-25(10-13-39)32-15-21-2-3-21)36-28-8-11-31-30(37-28)24-18-35-40(20-24)43(41,42)26-6-7-26/h8,11,14,16-21,25-26,32H,2-3,6-7,9-10,12-13,15H2,1H3,(H,31,33,36,37). The molecule has 3 aliphatic rings. The van der Waals surface area contributed by atoms with E-state index in [-0.39, 0.29) is 5.25 Å². The van der Waals surface area contributed by atoms with Crippen LogP contribution in [0.25, 0.3) is 11.4 Å². The Balaban J connectivity index is 1.11. The molecule has 0 spiro atoms. The van der Waals surface area contributed by atoms with E-state index in [4.69, 9.17) is 0 Å². The molecular weight excluding hydrogens is 564 g/mol. The molecule has 4 aromatic heterocycles. The van der Waals surface area contributed by atoms with Crippen LogP contribution in [0.5, 0.6) is 0 Å². The summed E-state index contributed by atoms with van der Waals surface area (Å²) in [6, 6.07) is 4.32. The van der Waals surface area contributed by atoms with E-state index in [1.165, 1.54) is 25.2 Å². The van der Waals surface area contributed by atoms with Gasteiger partial charge in [0.25, 0.3) is 10.0 Å². The summed E-state index contributed by atoms with van der Waals surface area (Å²) >= 11 is 0. The number of rotatable bonds is 9. The Morgan fingerprint density at radius 3 is 2.53 bits per heavy atom. The van der Waals surface area contributed by atoms with Crippen molar-refractivity contribution in [1.82, 2.24) is 39.2 Å². The molecule has 0 atom stereocenters. The predicted molar refractivity (Wildman–Crippen MR) is 163 cm³/mol. The zero-order valence-electron chi connectivity index (χ0n) is 24.0. The van der Waals surface area contributed by atoms with Gasteiger partial charge < -0.3 is 15.5 Å². The third-order valence-electron chi connectivity index (χ3n) is 8.09. The van der Waals surface area contributed by atoms with Crippen molar-refractivity contribution in [1.29, 1.82) is 0 Å². The number of nitrogens with one attached hydrogen (secondary N) is 2. The average molecular weight is 599 g/mol. The average Bonchev–Trinajstić information content (AvgIpc) is 3.95. The van der Waals surface area contributed by atoms with Crippen molar-refractivity contribution >= 4 is 27.3 Å². The normalized spacial score (nSPS) is 17.5. The lowest BCUT2D eigenvalue weighted by atomic mass is 10.0. The highest BCUT2D eigenvalue weighted by Crippen LogP contribution is 2.31. The zero-order chi connectivity index (χ0) is 29.4. The second-order valence-electron chi connectivity index (χ2n) is 11.6. The lowest BCUT2D eigenvalue weighted by Gasteiger charge is -2.34. The molecule has 0 amide bonds. The summed E-state index contributed by atoms with van der Waals surface area (Å²) in [5.74, 6) is 8.96. The minimum Gasteiger partial charge on any atom is -0.370 e. The monoisotopic (exact) mass is 598 g/mol. The second-order valence-corrected chi connectivity index (χ2v) is 13.7. The Hall–Kier alpha value is -4.28. The van der Waals surface area contributed by atoms with Gasteiger partial charge in [-0.15, -0.1) is 0 Å². The summed E-state index contributed by atoms with van der Waals surface area (Å²) in [6.45, 7) is 2.99. The van der Waals surface area contributed by atoms with Gasteiger partial charge in [-0.1, -0.05) is 11.8 Å². The van der Waals surface area contributed by atoms with Crippen LogP contribution < -0.4 is 15.5 Å². The largest absolute Gasteiger partial charge is 0.370 e. The number of hydrogen-bond acceptors (Lipinski definition) is 10. The lowest BCUT2D eigenvalue weighted by Crippen LogP contribution is -2.43. The summed E-state index contributed by atoms with van der Waals surface area (Å²) in [6.07, 6.45) is 16.2. The third kappa shape index (κ3) is 6.40.